The summed E-state index contributed by atoms with van der Waals surface area (Å²) in [7, 11) is 0. The first-order chi connectivity index (χ1) is 8.75. The van der Waals surface area contributed by atoms with E-state index in [0.717, 1.165) is 31.2 Å². The SMILES string of the molecule is O=C(O)C1CCC(c2[nH]nc3ccccc23)CC1. The number of hydrogen-bond acceptors (Lipinski definition) is 2. The second-order valence-electron chi connectivity index (χ2n) is 5.04. The number of benzene rings is 1. The minimum Gasteiger partial charge on any atom is -0.481 e. The fraction of sp³-hybridized carbons (Fsp3) is 0.429. The lowest BCUT2D eigenvalue weighted by molar-refractivity contribution is -0.142. The summed E-state index contributed by atoms with van der Waals surface area (Å²) in [5, 5.41) is 17.6. The standard InChI is InChI=1S/C14H16N2O2/c17-14(18)10-7-5-9(6-8-10)13-11-3-1-2-4-12(11)15-16-13/h1-4,9-10H,5-8H2,(H,15,16)(H,17,18). The molecule has 0 spiro atoms. The predicted octanol–water partition coefficient (Wildman–Crippen LogP) is 2.92. The van der Waals surface area contributed by atoms with Crippen molar-refractivity contribution < 1.29 is 9.90 Å². The average Bonchev–Trinajstić information content (AvgIpc) is 2.82. The van der Waals surface area contributed by atoms with Crippen LogP contribution in [0.4, 0.5) is 0 Å². The third-order valence-electron chi connectivity index (χ3n) is 3.98. The fourth-order valence-electron chi connectivity index (χ4n) is 2.92. The van der Waals surface area contributed by atoms with E-state index in [0.29, 0.717) is 5.92 Å². The van der Waals surface area contributed by atoms with Crippen LogP contribution in [0, 0.1) is 5.92 Å². The van der Waals surface area contributed by atoms with Crippen LogP contribution in [-0.4, -0.2) is 21.3 Å². The Kier molecular flexibility index (Phi) is 2.78. The maximum atomic E-state index is 10.9. The number of carbonyl (C=O) groups is 1. The first-order valence-electron chi connectivity index (χ1n) is 6.41. The van der Waals surface area contributed by atoms with E-state index >= 15 is 0 Å². The Balaban J connectivity index is 1.82. The summed E-state index contributed by atoms with van der Waals surface area (Å²) >= 11 is 0. The zero-order valence-corrected chi connectivity index (χ0v) is 10.1. The first kappa shape index (κ1) is 11.3. The normalized spacial score (nSPS) is 24.2. The van der Waals surface area contributed by atoms with Crippen LogP contribution in [-0.2, 0) is 4.79 Å². The largest absolute Gasteiger partial charge is 0.481 e. The number of hydrogen-bond donors (Lipinski definition) is 2. The van der Waals surface area contributed by atoms with Crippen LogP contribution < -0.4 is 0 Å². The highest BCUT2D eigenvalue weighted by Gasteiger charge is 2.28. The van der Waals surface area contributed by atoms with Crippen molar-refractivity contribution in [1.82, 2.24) is 10.2 Å². The third-order valence-corrected chi connectivity index (χ3v) is 3.98. The summed E-state index contributed by atoms with van der Waals surface area (Å²) in [4.78, 5) is 10.9. The monoisotopic (exact) mass is 244 g/mol. The molecule has 1 aromatic carbocycles. The van der Waals surface area contributed by atoms with Crippen molar-refractivity contribution in [3.63, 3.8) is 0 Å². The van der Waals surface area contributed by atoms with Crippen LogP contribution in [0.1, 0.15) is 37.3 Å². The zero-order chi connectivity index (χ0) is 12.5. The molecule has 1 heterocycles. The molecule has 1 saturated carbocycles. The number of aromatic amines is 1. The molecule has 4 nitrogen and oxygen atoms in total. The Bertz CT molecular complexity index is 568. The molecule has 0 radical (unpaired) electrons. The number of aromatic nitrogens is 2. The molecule has 1 aromatic heterocycles. The Morgan fingerprint density at radius 2 is 1.94 bits per heavy atom. The maximum Gasteiger partial charge on any atom is 0.306 e. The molecule has 0 aliphatic heterocycles. The van der Waals surface area contributed by atoms with E-state index in [2.05, 4.69) is 16.3 Å². The van der Waals surface area contributed by atoms with E-state index in [1.165, 1.54) is 11.1 Å². The zero-order valence-electron chi connectivity index (χ0n) is 10.1. The van der Waals surface area contributed by atoms with Gasteiger partial charge < -0.3 is 5.11 Å². The van der Waals surface area contributed by atoms with Gasteiger partial charge in [-0.15, -0.1) is 0 Å². The van der Waals surface area contributed by atoms with Gasteiger partial charge >= 0.3 is 5.97 Å². The summed E-state index contributed by atoms with van der Waals surface area (Å²) in [6, 6.07) is 8.08. The van der Waals surface area contributed by atoms with Gasteiger partial charge in [-0.2, -0.15) is 5.10 Å². The molecule has 0 amide bonds. The van der Waals surface area contributed by atoms with Crippen molar-refractivity contribution in [3.05, 3.63) is 30.0 Å². The summed E-state index contributed by atoms with van der Waals surface area (Å²) in [6.07, 6.45) is 3.41. The van der Waals surface area contributed by atoms with Gasteiger partial charge in [-0.3, -0.25) is 9.89 Å². The second kappa shape index (κ2) is 4.44. The molecule has 1 aliphatic rings. The quantitative estimate of drug-likeness (QED) is 0.853. The van der Waals surface area contributed by atoms with Gasteiger partial charge in [-0.05, 0) is 31.7 Å². The molecule has 0 bridgehead atoms. The van der Waals surface area contributed by atoms with Crippen LogP contribution in [0.15, 0.2) is 24.3 Å². The Hall–Kier alpha value is -1.84. The molecule has 4 heteroatoms. The summed E-state index contributed by atoms with van der Waals surface area (Å²) in [5.41, 5.74) is 2.17. The number of H-pyrrole nitrogens is 1. The van der Waals surface area contributed by atoms with Crippen molar-refractivity contribution in [2.75, 3.05) is 0 Å². The minimum absolute atomic E-state index is 0.157. The van der Waals surface area contributed by atoms with Crippen LogP contribution in [0.25, 0.3) is 10.9 Å². The van der Waals surface area contributed by atoms with E-state index in [1.807, 2.05) is 18.2 Å². The van der Waals surface area contributed by atoms with Crippen molar-refractivity contribution >= 4 is 16.9 Å². The minimum atomic E-state index is -0.650. The van der Waals surface area contributed by atoms with Crippen molar-refractivity contribution in [1.29, 1.82) is 0 Å². The number of carboxylic acids is 1. The Morgan fingerprint density at radius 1 is 1.22 bits per heavy atom. The lowest BCUT2D eigenvalue weighted by atomic mass is 9.80. The first-order valence-corrected chi connectivity index (χ1v) is 6.41. The molecule has 94 valence electrons. The predicted molar refractivity (Wildman–Crippen MR) is 68.4 cm³/mol. The lowest BCUT2D eigenvalue weighted by Crippen LogP contribution is -2.20. The van der Waals surface area contributed by atoms with Crippen LogP contribution in [0.3, 0.4) is 0 Å². The fourth-order valence-corrected chi connectivity index (χ4v) is 2.92. The summed E-state index contributed by atoms with van der Waals surface area (Å²) in [6.45, 7) is 0. The Morgan fingerprint density at radius 3 is 2.67 bits per heavy atom. The van der Waals surface area contributed by atoms with Gasteiger partial charge in [0.15, 0.2) is 0 Å². The topological polar surface area (TPSA) is 66.0 Å². The average molecular weight is 244 g/mol. The number of carboxylic acid groups (broad SMARTS) is 1. The van der Waals surface area contributed by atoms with E-state index < -0.39 is 5.97 Å². The molecule has 0 saturated heterocycles. The van der Waals surface area contributed by atoms with Gasteiger partial charge in [-0.1, -0.05) is 18.2 Å². The lowest BCUT2D eigenvalue weighted by Gasteiger charge is -2.25. The van der Waals surface area contributed by atoms with E-state index in [4.69, 9.17) is 5.11 Å². The number of aliphatic carboxylic acids is 1. The van der Waals surface area contributed by atoms with Gasteiger partial charge in [0, 0.05) is 17.0 Å². The number of nitrogens with one attached hydrogen (secondary N) is 1. The highest BCUT2D eigenvalue weighted by atomic mass is 16.4. The molecule has 18 heavy (non-hydrogen) atoms. The van der Waals surface area contributed by atoms with Gasteiger partial charge in [0.2, 0.25) is 0 Å². The number of rotatable bonds is 2. The van der Waals surface area contributed by atoms with Crippen molar-refractivity contribution in [2.45, 2.75) is 31.6 Å². The third kappa shape index (κ3) is 1.88. The van der Waals surface area contributed by atoms with E-state index in [-0.39, 0.29) is 5.92 Å². The molecule has 0 unspecified atom stereocenters. The van der Waals surface area contributed by atoms with Gasteiger partial charge in [-0.25, -0.2) is 0 Å². The number of nitrogens with zero attached hydrogens (tertiary/aromatic N) is 1. The highest BCUT2D eigenvalue weighted by molar-refractivity contribution is 5.81. The Labute approximate surface area is 105 Å². The van der Waals surface area contributed by atoms with Gasteiger partial charge in [0.1, 0.15) is 0 Å². The van der Waals surface area contributed by atoms with Gasteiger partial charge in [0.25, 0.3) is 0 Å². The molecule has 3 rings (SSSR count). The second-order valence-corrected chi connectivity index (χ2v) is 5.04. The van der Waals surface area contributed by atoms with Crippen LogP contribution in [0.2, 0.25) is 0 Å². The van der Waals surface area contributed by atoms with Crippen LogP contribution >= 0.6 is 0 Å². The van der Waals surface area contributed by atoms with E-state index in [9.17, 15) is 4.79 Å². The summed E-state index contributed by atoms with van der Waals surface area (Å²) in [5.74, 6) is -0.383. The summed E-state index contributed by atoms with van der Waals surface area (Å²) < 4.78 is 0. The molecule has 0 atom stereocenters. The highest BCUT2D eigenvalue weighted by Crippen LogP contribution is 2.37. The molecular formula is C14H16N2O2. The molecule has 2 aromatic rings. The number of fused-ring (bicyclic) bond motifs is 1. The number of para-hydroxylation sites is 1. The van der Waals surface area contributed by atoms with Gasteiger partial charge in [0.05, 0.1) is 11.4 Å². The molecule has 1 fully saturated rings. The van der Waals surface area contributed by atoms with Crippen molar-refractivity contribution in [2.24, 2.45) is 5.92 Å². The molecule has 1 aliphatic carbocycles. The molecule has 2 N–H and O–H groups in total. The maximum absolute atomic E-state index is 10.9. The van der Waals surface area contributed by atoms with Crippen molar-refractivity contribution in [3.8, 4) is 0 Å². The van der Waals surface area contributed by atoms with Crippen LogP contribution in [0.5, 0.6) is 0 Å². The smallest absolute Gasteiger partial charge is 0.306 e. The molecular weight excluding hydrogens is 228 g/mol. The van der Waals surface area contributed by atoms with E-state index in [1.54, 1.807) is 0 Å².